The number of hydrogen-bond donors (Lipinski definition) is 0. The molecular weight excluding hydrogens is 203 g/mol. The third-order valence-corrected chi connectivity index (χ3v) is 3.21. The summed E-state index contributed by atoms with van der Waals surface area (Å²) < 4.78 is 0. The molecule has 0 nitrogen and oxygen atoms in total. The van der Waals surface area contributed by atoms with Crippen molar-refractivity contribution in [2.45, 2.75) is 12.3 Å². The van der Waals surface area contributed by atoms with Gasteiger partial charge in [0.05, 0.1) is 0 Å². The molecule has 0 aliphatic heterocycles. The van der Waals surface area contributed by atoms with E-state index in [2.05, 4.69) is 24.3 Å². The molecule has 0 saturated heterocycles. The van der Waals surface area contributed by atoms with E-state index in [1.165, 1.54) is 11.1 Å². The van der Waals surface area contributed by atoms with Crippen molar-refractivity contribution < 1.29 is 0 Å². The fraction of sp³-hybridized carbons (Fsp3) is 0.273. The van der Waals surface area contributed by atoms with E-state index in [1.807, 2.05) is 6.07 Å². The van der Waals surface area contributed by atoms with Crippen LogP contribution in [-0.4, -0.2) is 0 Å². The van der Waals surface area contributed by atoms with Gasteiger partial charge in [0.25, 0.3) is 0 Å². The Kier molecular flexibility index (Phi) is 2.61. The zero-order valence-corrected chi connectivity index (χ0v) is 8.59. The zero-order chi connectivity index (χ0) is 9.26. The fourth-order valence-corrected chi connectivity index (χ4v) is 2.05. The standard InChI is InChI=1S/C11H10Cl2/c12-7-11(13)10-6-9(10)8-4-2-1-3-5-8/h1-5,7,9-10H,6H2/b11-7+/t9-,10+/m1/s1. The van der Waals surface area contributed by atoms with Crippen LogP contribution in [0.15, 0.2) is 40.9 Å². The number of benzene rings is 1. The third kappa shape index (κ3) is 1.90. The Morgan fingerprint density at radius 1 is 1.31 bits per heavy atom. The summed E-state index contributed by atoms with van der Waals surface area (Å²) in [5.74, 6) is 1.05. The summed E-state index contributed by atoms with van der Waals surface area (Å²) in [6.45, 7) is 0. The summed E-state index contributed by atoms with van der Waals surface area (Å²) in [5.41, 5.74) is 2.85. The minimum Gasteiger partial charge on any atom is -0.0917 e. The van der Waals surface area contributed by atoms with E-state index in [4.69, 9.17) is 23.2 Å². The van der Waals surface area contributed by atoms with E-state index in [-0.39, 0.29) is 0 Å². The fourth-order valence-electron chi connectivity index (χ4n) is 1.65. The zero-order valence-electron chi connectivity index (χ0n) is 7.08. The van der Waals surface area contributed by atoms with Crippen LogP contribution in [0.2, 0.25) is 0 Å². The Balaban J connectivity index is 2.09. The topological polar surface area (TPSA) is 0 Å². The number of hydrogen-bond acceptors (Lipinski definition) is 0. The normalized spacial score (nSPS) is 27.4. The summed E-state index contributed by atoms with van der Waals surface area (Å²) in [6.07, 6.45) is 1.13. The maximum absolute atomic E-state index is 5.94. The summed E-state index contributed by atoms with van der Waals surface area (Å²) in [7, 11) is 0. The molecule has 0 bridgehead atoms. The van der Waals surface area contributed by atoms with Crippen molar-refractivity contribution in [3.05, 3.63) is 46.5 Å². The average Bonchev–Trinajstić information content (AvgIpc) is 2.98. The van der Waals surface area contributed by atoms with Crippen molar-refractivity contribution in [1.82, 2.24) is 0 Å². The van der Waals surface area contributed by atoms with Crippen LogP contribution >= 0.6 is 23.2 Å². The Labute approximate surface area is 88.2 Å². The van der Waals surface area contributed by atoms with Gasteiger partial charge >= 0.3 is 0 Å². The van der Waals surface area contributed by atoms with Crippen molar-refractivity contribution >= 4 is 23.2 Å². The lowest BCUT2D eigenvalue weighted by molar-refractivity contribution is 0.996. The van der Waals surface area contributed by atoms with Gasteiger partial charge in [-0.3, -0.25) is 0 Å². The van der Waals surface area contributed by atoms with Crippen LogP contribution in [0.1, 0.15) is 17.9 Å². The van der Waals surface area contributed by atoms with Crippen LogP contribution in [0.25, 0.3) is 0 Å². The quantitative estimate of drug-likeness (QED) is 0.693. The van der Waals surface area contributed by atoms with E-state index >= 15 is 0 Å². The molecule has 1 aromatic carbocycles. The molecule has 0 heterocycles. The second-order valence-electron chi connectivity index (χ2n) is 3.35. The SMILES string of the molecule is Cl/C=C(/Cl)[C@H]1C[C@@H]1c1ccccc1. The highest BCUT2D eigenvalue weighted by Crippen LogP contribution is 2.52. The summed E-state index contributed by atoms with van der Waals surface area (Å²) in [6, 6.07) is 10.4. The highest BCUT2D eigenvalue weighted by atomic mass is 35.5. The predicted molar refractivity (Wildman–Crippen MR) is 57.1 cm³/mol. The van der Waals surface area contributed by atoms with Gasteiger partial charge in [-0.05, 0) is 17.9 Å². The summed E-state index contributed by atoms with van der Waals surface area (Å²) in [5, 5.41) is 0.788. The van der Waals surface area contributed by atoms with E-state index < -0.39 is 0 Å². The molecule has 13 heavy (non-hydrogen) atoms. The first-order valence-corrected chi connectivity index (χ1v) is 5.15. The molecule has 0 aromatic heterocycles. The third-order valence-electron chi connectivity index (χ3n) is 2.48. The molecule has 68 valence electrons. The van der Waals surface area contributed by atoms with Gasteiger partial charge in [-0.1, -0.05) is 53.5 Å². The smallest absolute Gasteiger partial charge is 0.0331 e. The predicted octanol–water partition coefficient (Wildman–Crippen LogP) is 4.11. The van der Waals surface area contributed by atoms with Crippen molar-refractivity contribution in [1.29, 1.82) is 0 Å². The Morgan fingerprint density at radius 2 is 2.00 bits per heavy atom. The number of allylic oxidation sites excluding steroid dienone is 1. The minimum atomic E-state index is 0.460. The van der Waals surface area contributed by atoms with Gasteiger partial charge < -0.3 is 0 Å². The highest BCUT2D eigenvalue weighted by Gasteiger charge is 2.40. The molecule has 0 N–H and O–H groups in total. The Hall–Kier alpha value is -0.460. The van der Waals surface area contributed by atoms with Gasteiger partial charge in [-0.15, -0.1) is 0 Å². The van der Waals surface area contributed by atoms with E-state index in [1.54, 1.807) is 0 Å². The Bertz CT molecular complexity index is 316. The van der Waals surface area contributed by atoms with Gasteiger partial charge in [-0.2, -0.15) is 0 Å². The Morgan fingerprint density at radius 3 is 2.62 bits per heavy atom. The molecule has 1 aliphatic carbocycles. The molecule has 0 amide bonds. The maximum atomic E-state index is 5.94. The molecule has 0 unspecified atom stereocenters. The lowest BCUT2D eigenvalue weighted by Gasteiger charge is -1.97. The van der Waals surface area contributed by atoms with Crippen molar-refractivity contribution in [2.75, 3.05) is 0 Å². The molecular formula is C11H10Cl2. The van der Waals surface area contributed by atoms with Crippen molar-refractivity contribution in [3.8, 4) is 0 Å². The van der Waals surface area contributed by atoms with Crippen LogP contribution < -0.4 is 0 Å². The highest BCUT2D eigenvalue weighted by molar-refractivity contribution is 6.36. The average molecular weight is 213 g/mol. The van der Waals surface area contributed by atoms with E-state index in [9.17, 15) is 0 Å². The number of halogens is 2. The molecule has 2 heteroatoms. The molecule has 1 aliphatic rings. The summed E-state index contributed by atoms with van der Waals surface area (Å²) >= 11 is 11.5. The van der Waals surface area contributed by atoms with Crippen molar-refractivity contribution in [2.24, 2.45) is 5.92 Å². The van der Waals surface area contributed by atoms with Gasteiger partial charge in [-0.25, -0.2) is 0 Å². The molecule has 0 radical (unpaired) electrons. The second kappa shape index (κ2) is 3.73. The van der Waals surface area contributed by atoms with Crippen LogP contribution in [0.5, 0.6) is 0 Å². The second-order valence-corrected chi connectivity index (χ2v) is 4.01. The lowest BCUT2D eigenvalue weighted by Crippen LogP contribution is -1.82. The first-order valence-electron chi connectivity index (χ1n) is 4.33. The van der Waals surface area contributed by atoms with Gasteiger partial charge in [0.15, 0.2) is 0 Å². The van der Waals surface area contributed by atoms with Crippen LogP contribution in [0.4, 0.5) is 0 Å². The van der Waals surface area contributed by atoms with Crippen LogP contribution in [0.3, 0.4) is 0 Å². The first kappa shape index (κ1) is 9.11. The molecule has 0 spiro atoms. The first-order chi connectivity index (χ1) is 6.33. The minimum absolute atomic E-state index is 0.460. The van der Waals surface area contributed by atoms with E-state index in [0.717, 1.165) is 11.5 Å². The van der Waals surface area contributed by atoms with Gasteiger partial charge in [0.1, 0.15) is 0 Å². The van der Waals surface area contributed by atoms with Crippen LogP contribution in [0, 0.1) is 5.92 Å². The van der Waals surface area contributed by atoms with Crippen LogP contribution in [-0.2, 0) is 0 Å². The monoisotopic (exact) mass is 212 g/mol. The van der Waals surface area contributed by atoms with Crippen molar-refractivity contribution in [3.63, 3.8) is 0 Å². The van der Waals surface area contributed by atoms with Gasteiger partial charge in [0, 0.05) is 16.5 Å². The number of rotatable bonds is 2. The molecule has 1 fully saturated rings. The van der Waals surface area contributed by atoms with E-state index in [0.29, 0.717) is 11.8 Å². The lowest BCUT2D eigenvalue weighted by atomic mass is 10.1. The molecule has 2 rings (SSSR count). The summed E-state index contributed by atoms with van der Waals surface area (Å²) in [4.78, 5) is 0. The molecule has 2 atom stereocenters. The maximum Gasteiger partial charge on any atom is 0.0331 e. The molecule has 1 aromatic rings. The largest absolute Gasteiger partial charge is 0.0917 e. The van der Waals surface area contributed by atoms with Gasteiger partial charge in [0.2, 0.25) is 0 Å². The molecule has 1 saturated carbocycles.